The molecule has 4 rings (SSSR count). The number of thioether (sulfide) groups is 1. The van der Waals surface area contributed by atoms with Crippen molar-refractivity contribution < 1.29 is 19.5 Å². The maximum atomic E-state index is 12.9. The number of carboxylic acid groups (broad SMARTS) is 1. The highest BCUT2D eigenvalue weighted by molar-refractivity contribution is 8.00. The second kappa shape index (κ2) is 9.56. The first-order valence-corrected chi connectivity index (χ1v) is 12.5. The number of carboxylic acids is 1. The Kier molecular flexibility index (Phi) is 6.75. The van der Waals surface area contributed by atoms with Crippen LogP contribution in [0.25, 0.3) is 0 Å². The lowest BCUT2D eigenvalue weighted by atomic mass is 9.96. The number of tetrazole rings is 1. The number of aromatic nitrogens is 4. The summed E-state index contributed by atoms with van der Waals surface area (Å²) in [6.45, 7) is 5.93. The molecule has 0 spiro atoms. The van der Waals surface area contributed by atoms with E-state index in [0.717, 1.165) is 12.0 Å². The van der Waals surface area contributed by atoms with Crippen LogP contribution < -0.4 is 5.32 Å². The molecule has 1 aromatic carbocycles. The van der Waals surface area contributed by atoms with Gasteiger partial charge in [0, 0.05) is 17.1 Å². The lowest BCUT2D eigenvalue weighted by Crippen LogP contribution is -2.70. The van der Waals surface area contributed by atoms with Crippen LogP contribution >= 0.6 is 23.7 Å². The van der Waals surface area contributed by atoms with Gasteiger partial charge in [0.05, 0.1) is 0 Å². The van der Waals surface area contributed by atoms with Gasteiger partial charge >= 0.3 is 5.97 Å². The van der Waals surface area contributed by atoms with Gasteiger partial charge in [0.15, 0.2) is 5.82 Å². The van der Waals surface area contributed by atoms with Crippen molar-refractivity contribution >= 4 is 41.5 Å². The van der Waals surface area contributed by atoms with Crippen LogP contribution in [0, 0.1) is 6.92 Å². The summed E-state index contributed by atoms with van der Waals surface area (Å²) in [6, 6.07) is 6.62. The summed E-state index contributed by atoms with van der Waals surface area (Å²) < 4.78 is 1.51. The van der Waals surface area contributed by atoms with Gasteiger partial charge in [-0.05, 0) is 64.9 Å². The molecule has 2 aliphatic rings. The standard InChI is InChI=1S/C21H24N6O4S2/c1-4-11(2)13-6-5-7-14(8-13)18(28)22-16-19(29)26-17(21(30)31)15(9-32-20(16)26)10-33-27-12(3)23-24-25-27/h5-8,11,16,20H,4,9-10H2,1-3H3,(H,22,28)(H,30,31)/t11?,16?,20-/m0/s1. The van der Waals surface area contributed by atoms with Gasteiger partial charge in [-0.15, -0.1) is 16.9 Å². The molecule has 1 saturated heterocycles. The number of hydrogen-bond donors (Lipinski definition) is 2. The van der Waals surface area contributed by atoms with Crippen molar-refractivity contribution in [2.24, 2.45) is 0 Å². The van der Waals surface area contributed by atoms with Crippen LogP contribution in [-0.2, 0) is 9.59 Å². The van der Waals surface area contributed by atoms with Crippen LogP contribution in [0.15, 0.2) is 35.5 Å². The van der Waals surface area contributed by atoms with Crippen molar-refractivity contribution in [3.8, 4) is 0 Å². The van der Waals surface area contributed by atoms with E-state index >= 15 is 0 Å². The molecule has 0 radical (unpaired) electrons. The van der Waals surface area contributed by atoms with Crippen LogP contribution in [-0.4, -0.2) is 70.3 Å². The number of nitrogens with one attached hydrogen (secondary N) is 1. The van der Waals surface area contributed by atoms with E-state index in [1.165, 1.54) is 32.7 Å². The molecule has 33 heavy (non-hydrogen) atoms. The van der Waals surface area contributed by atoms with Gasteiger partial charge in [0.25, 0.3) is 11.8 Å². The van der Waals surface area contributed by atoms with E-state index in [0.29, 0.717) is 34.4 Å². The van der Waals surface area contributed by atoms with E-state index < -0.39 is 23.3 Å². The van der Waals surface area contributed by atoms with Gasteiger partial charge in [-0.3, -0.25) is 14.5 Å². The van der Waals surface area contributed by atoms with E-state index in [1.807, 2.05) is 18.2 Å². The zero-order valence-electron chi connectivity index (χ0n) is 18.4. The molecule has 2 aliphatic heterocycles. The summed E-state index contributed by atoms with van der Waals surface area (Å²) in [5, 5.41) is 23.4. The molecule has 0 saturated carbocycles. The Balaban J connectivity index is 1.47. The Labute approximate surface area is 199 Å². The average molecular weight is 489 g/mol. The first-order chi connectivity index (χ1) is 15.8. The summed E-state index contributed by atoms with van der Waals surface area (Å²) in [7, 11) is 0. The molecule has 1 aromatic heterocycles. The Morgan fingerprint density at radius 1 is 1.39 bits per heavy atom. The maximum Gasteiger partial charge on any atom is 0.352 e. The number of amides is 2. The van der Waals surface area contributed by atoms with Crippen LogP contribution in [0.5, 0.6) is 0 Å². The van der Waals surface area contributed by atoms with Gasteiger partial charge in [0.2, 0.25) is 0 Å². The molecule has 174 valence electrons. The van der Waals surface area contributed by atoms with Crippen molar-refractivity contribution in [2.45, 2.75) is 44.5 Å². The highest BCUT2D eigenvalue weighted by Crippen LogP contribution is 2.41. The van der Waals surface area contributed by atoms with E-state index in [2.05, 4.69) is 34.7 Å². The van der Waals surface area contributed by atoms with Crippen LogP contribution in [0.4, 0.5) is 0 Å². The average Bonchev–Trinajstić information content (AvgIpc) is 3.24. The number of carbonyl (C=O) groups excluding carboxylic acids is 2. The van der Waals surface area contributed by atoms with Crippen molar-refractivity contribution in [1.82, 2.24) is 29.8 Å². The zero-order chi connectivity index (χ0) is 23.7. The quantitative estimate of drug-likeness (QED) is 0.536. The monoisotopic (exact) mass is 488 g/mol. The molecule has 1 fully saturated rings. The van der Waals surface area contributed by atoms with Crippen LogP contribution in [0.2, 0.25) is 0 Å². The van der Waals surface area contributed by atoms with Gasteiger partial charge in [-0.2, -0.15) is 4.09 Å². The Bertz CT molecular complexity index is 1130. The number of aliphatic carboxylic acids is 1. The third-order valence-corrected chi connectivity index (χ3v) is 8.21. The van der Waals surface area contributed by atoms with Gasteiger partial charge in [-0.1, -0.05) is 26.0 Å². The molecular weight excluding hydrogens is 464 g/mol. The van der Waals surface area contributed by atoms with Crippen LogP contribution in [0.1, 0.15) is 47.9 Å². The van der Waals surface area contributed by atoms with Crippen molar-refractivity contribution in [3.05, 3.63) is 52.5 Å². The first-order valence-electron chi connectivity index (χ1n) is 10.5. The van der Waals surface area contributed by atoms with Crippen molar-refractivity contribution in [1.29, 1.82) is 0 Å². The molecule has 2 N–H and O–H groups in total. The molecule has 0 aliphatic carbocycles. The first kappa shape index (κ1) is 23.3. The molecule has 3 atom stereocenters. The molecule has 12 heteroatoms. The Hall–Kier alpha value is -2.86. The summed E-state index contributed by atoms with van der Waals surface area (Å²) in [5.74, 6) is -0.240. The minimum absolute atomic E-state index is 0.0220. The predicted octanol–water partition coefficient (Wildman–Crippen LogP) is 2.04. The second-order valence-corrected chi connectivity index (χ2v) is 9.92. The predicted molar refractivity (Wildman–Crippen MR) is 125 cm³/mol. The zero-order valence-corrected chi connectivity index (χ0v) is 20.0. The number of β-lactam (4-membered cyclic amide) rings is 1. The number of nitrogens with zero attached hydrogens (tertiary/aromatic N) is 5. The highest BCUT2D eigenvalue weighted by atomic mass is 32.2. The molecule has 10 nitrogen and oxygen atoms in total. The van der Waals surface area contributed by atoms with E-state index in [1.54, 1.807) is 13.0 Å². The van der Waals surface area contributed by atoms with E-state index in [9.17, 15) is 19.5 Å². The topological polar surface area (TPSA) is 130 Å². The summed E-state index contributed by atoms with van der Waals surface area (Å²) in [5.41, 5.74) is 2.15. The van der Waals surface area contributed by atoms with Crippen molar-refractivity contribution in [2.75, 3.05) is 11.5 Å². The minimum atomic E-state index is -1.16. The third kappa shape index (κ3) is 4.49. The number of hydrogen-bond acceptors (Lipinski definition) is 8. The fraction of sp³-hybridized carbons (Fsp3) is 0.429. The van der Waals surface area contributed by atoms with E-state index in [4.69, 9.17) is 0 Å². The van der Waals surface area contributed by atoms with Crippen LogP contribution in [0.3, 0.4) is 0 Å². The number of carbonyl (C=O) groups is 3. The fourth-order valence-corrected chi connectivity index (χ4v) is 6.02. The maximum absolute atomic E-state index is 12.9. The molecule has 2 unspecified atom stereocenters. The van der Waals surface area contributed by atoms with Gasteiger partial charge in [0.1, 0.15) is 17.1 Å². The minimum Gasteiger partial charge on any atom is -0.477 e. The van der Waals surface area contributed by atoms with Gasteiger partial charge < -0.3 is 10.4 Å². The normalized spacial score (nSPS) is 20.8. The van der Waals surface area contributed by atoms with Gasteiger partial charge in [-0.25, -0.2) is 4.79 Å². The highest BCUT2D eigenvalue weighted by Gasteiger charge is 2.54. The molecule has 2 aromatic rings. The fourth-order valence-electron chi connectivity index (χ4n) is 3.72. The SMILES string of the molecule is CCC(C)c1cccc(C(=O)NC2C(=O)N3C(C(=O)O)=C(CSn4nnnc4C)CS[C@@H]23)c1. The molecular formula is C21H24N6O4S2. The number of aryl methyl sites for hydroxylation is 1. The summed E-state index contributed by atoms with van der Waals surface area (Å²) >= 11 is 2.70. The molecule has 2 amide bonds. The number of benzene rings is 1. The number of rotatable bonds is 8. The Morgan fingerprint density at radius 3 is 2.85 bits per heavy atom. The van der Waals surface area contributed by atoms with Crippen molar-refractivity contribution in [3.63, 3.8) is 0 Å². The summed E-state index contributed by atoms with van der Waals surface area (Å²) in [4.78, 5) is 39.0. The molecule has 3 heterocycles. The third-order valence-electron chi connectivity index (χ3n) is 5.82. The largest absolute Gasteiger partial charge is 0.477 e. The lowest BCUT2D eigenvalue weighted by molar-refractivity contribution is -0.148. The smallest absolute Gasteiger partial charge is 0.352 e. The lowest BCUT2D eigenvalue weighted by Gasteiger charge is -2.49. The number of fused-ring (bicyclic) bond motifs is 1. The van der Waals surface area contributed by atoms with E-state index in [-0.39, 0.29) is 11.6 Å². The summed E-state index contributed by atoms with van der Waals surface area (Å²) in [6.07, 6.45) is 0.956. The molecule has 0 bridgehead atoms. The second-order valence-electron chi connectivity index (χ2n) is 7.93. The Morgan fingerprint density at radius 2 is 2.18 bits per heavy atom.